The van der Waals surface area contributed by atoms with Crippen LogP contribution in [0.1, 0.15) is 29.5 Å². The van der Waals surface area contributed by atoms with Crippen molar-refractivity contribution >= 4 is 34.9 Å². The Kier molecular flexibility index (Phi) is 7.96. The van der Waals surface area contributed by atoms with E-state index in [1.54, 1.807) is 25.1 Å². The van der Waals surface area contributed by atoms with E-state index in [4.69, 9.17) is 10.5 Å². The zero-order valence-electron chi connectivity index (χ0n) is 25.1. The number of carbonyl (C=O) groups is 4. The van der Waals surface area contributed by atoms with Crippen LogP contribution in [0.2, 0.25) is 0 Å². The van der Waals surface area contributed by atoms with Gasteiger partial charge >= 0.3 is 5.97 Å². The zero-order chi connectivity index (χ0) is 33.1. The van der Waals surface area contributed by atoms with E-state index >= 15 is 0 Å². The molecule has 5 rings (SSSR count). The van der Waals surface area contributed by atoms with Crippen molar-refractivity contribution in [3.63, 3.8) is 0 Å². The molecule has 238 valence electrons. The average Bonchev–Trinajstić information content (AvgIpc) is 2.95. The lowest BCUT2D eigenvalue weighted by molar-refractivity contribution is -0.153. The van der Waals surface area contributed by atoms with Crippen molar-refractivity contribution in [1.29, 1.82) is 0 Å². The maximum absolute atomic E-state index is 14.1. The molecule has 0 radical (unpaired) electrons. The van der Waals surface area contributed by atoms with Gasteiger partial charge in [-0.25, -0.2) is 4.39 Å². The van der Waals surface area contributed by atoms with Gasteiger partial charge in [0.05, 0.1) is 18.0 Å². The highest BCUT2D eigenvalue weighted by molar-refractivity contribution is 6.24. The summed E-state index contributed by atoms with van der Waals surface area (Å²) < 4.78 is 18.4. The summed E-state index contributed by atoms with van der Waals surface area (Å²) in [6, 6.07) is 5.38. The van der Waals surface area contributed by atoms with Gasteiger partial charge in [0, 0.05) is 31.3 Å². The fourth-order valence-electron chi connectivity index (χ4n) is 6.86. The number of fused-ring (bicyclic) bond motifs is 3. The Morgan fingerprint density at radius 2 is 1.73 bits per heavy atom. The van der Waals surface area contributed by atoms with Crippen molar-refractivity contribution in [2.75, 3.05) is 33.1 Å². The molecule has 0 heterocycles. The fourth-order valence-corrected chi connectivity index (χ4v) is 6.86. The van der Waals surface area contributed by atoms with Crippen LogP contribution in [0.3, 0.4) is 0 Å². The Hall–Kier alpha value is -4.75. The van der Waals surface area contributed by atoms with Gasteiger partial charge in [0.2, 0.25) is 5.78 Å². The SMILES string of the molecule is CN(C)c1cc(CCC(=O)Oc2ccc(F)cc2)c(O)c2c1CC1CC3C(N(C)C)C(=O)C(C(N)=O)=C(O)C3(O)C(=O)C1=C2O. The third-order valence-corrected chi connectivity index (χ3v) is 8.90. The zero-order valence-corrected chi connectivity index (χ0v) is 25.1. The molecule has 45 heavy (non-hydrogen) atoms. The fraction of sp³-hybridized carbons (Fsp3) is 0.375. The number of aromatic hydroxyl groups is 1. The van der Waals surface area contributed by atoms with Gasteiger partial charge in [0.25, 0.3) is 5.91 Å². The Morgan fingerprint density at radius 1 is 1.09 bits per heavy atom. The summed E-state index contributed by atoms with van der Waals surface area (Å²) in [5.41, 5.74) is 2.75. The molecule has 0 saturated heterocycles. The molecular weight excluding hydrogens is 589 g/mol. The monoisotopic (exact) mass is 623 g/mol. The number of anilines is 1. The summed E-state index contributed by atoms with van der Waals surface area (Å²) in [7, 11) is 6.56. The summed E-state index contributed by atoms with van der Waals surface area (Å²) in [6.45, 7) is 0. The lowest BCUT2D eigenvalue weighted by atomic mass is 9.57. The standard InChI is InChI=1S/C32H34FN3O9/c1-35(2)20-13-14(5-10-21(37)45-17-8-6-16(33)7-9-17)26(38)23-18(20)11-15-12-19-25(36(3)4)28(40)24(31(34)43)30(42)32(19,44)29(41)22(15)27(23)39/h6-9,13,15,19,25,38-39,42,44H,5,10-12H2,1-4H3,(H2,34,43). The molecule has 0 aliphatic heterocycles. The Balaban J connectivity index is 1.57. The number of hydrogen-bond acceptors (Lipinski definition) is 11. The van der Waals surface area contributed by atoms with Crippen LogP contribution in [-0.4, -0.2) is 88.6 Å². The van der Waals surface area contributed by atoms with Gasteiger partial charge in [-0.2, -0.15) is 0 Å². The number of aliphatic hydroxyl groups is 3. The molecule has 12 nitrogen and oxygen atoms in total. The van der Waals surface area contributed by atoms with Gasteiger partial charge in [0.1, 0.15) is 34.4 Å². The van der Waals surface area contributed by atoms with E-state index in [9.17, 15) is 44.0 Å². The molecule has 4 atom stereocenters. The van der Waals surface area contributed by atoms with Crippen LogP contribution in [-0.2, 0) is 32.0 Å². The van der Waals surface area contributed by atoms with Crippen molar-refractivity contribution in [3.05, 3.63) is 69.7 Å². The van der Waals surface area contributed by atoms with Crippen molar-refractivity contribution in [2.24, 2.45) is 17.6 Å². The van der Waals surface area contributed by atoms with E-state index < -0.39 is 75.6 Å². The maximum Gasteiger partial charge on any atom is 0.311 e. The average molecular weight is 624 g/mol. The maximum atomic E-state index is 14.1. The third-order valence-electron chi connectivity index (χ3n) is 8.90. The minimum Gasteiger partial charge on any atom is -0.508 e. The number of Topliss-reactive ketones (excluding diaryl/α,β-unsaturated/α-hetero) is 2. The number of ether oxygens (including phenoxy) is 1. The second-order valence-electron chi connectivity index (χ2n) is 12.0. The number of benzene rings is 2. The number of rotatable bonds is 7. The largest absolute Gasteiger partial charge is 0.508 e. The normalized spacial score (nSPS) is 24.3. The number of phenolic OH excluding ortho intramolecular Hbond substituents is 1. The molecule has 1 fully saturated rings. The highest BCUT2D eigenvalue weighted by Crippen LogP contribution is 2.54. The predicted octanol–water partition coefficient (Wildman–Crippen LogP) is 1.71. The highest BCUT2D eigenvalue weighted by Gasteiger charge is 2.64. The first-order chi connectivity index (χ1) is 21.1. The Bertz CT molecular complexity index is 1700. The number of amides is 1. The van der Waals surface area contributed by atoms with Crippen LogP contribution < -0.4 is 15.4 Å². The van der Waals surface area contributed by atoms with Crippen LogP contribution in [0.25, 0.3) is 5.76 Å². The number of hydrogen-bond donors (Lipinski definition) is 5. The molecule has 1 saturated carbocycles. The van der Waals surface area contributed by atoms with Gasteiger partial charge in [-0.3, -0.25) is 24.1 Å². The predicted molar refractivity (Wildman–Crippen MR) is 159 cm³/mol. The van der Waals surface area contributed by atoms with E-state index in [0.29, 0.717) is 11.3 Å². The smallest absolute Gasteiger partial charge is 0.311 e. The Morgan fingerprint density at radius 3 is 2.31 bits per heavy atom. The third kappa shape index (κ3) is 5.01. The first kappa shape index (κ1) is 31.7. The number of aryl methyl sites for hydroxylation is 1. The van der Waals surface area contributed by atoms with E-state index in [1.807, 2.05) is 0 Å². The van der Waals surface area contributed by atoms with Gasteiger partial charge in [-0.1, -0.05) is 0 Å². The van der Waals surface area contributed by atoms with E-state index in [2.05, 4.69) is 0 Å². The molecule has 2 aromatic rings. The minimum absolute atomic E-state index is 0.0237. The quantitative estimate of drug-likeness (QED) is 0.171. The number of nitrogens with zero attached hydrogens (tertiary/aromatic N) is 2. The Labute approximate surface area is 257 Å². The number of likely N-dealkylation sites (N-methyl/N-ethyl adjacent to an activating group) is 1. The summed E-state index contributed by atoms with van der Waals surface area (Å²) in [4.78, 5) is 55.3. The van der Waals surface area contributed by atoms with Crippen LogP contribution in [0, 0.1) is 17.7 Å². The number of ketones is 2. The molecule has 13 heteroatoms. The number of halogens is 1. The lowest BCUT2D eigenvalue weighted by Crippen LogP contribution is -2.65. The summed E-state index contributed by atoms with van der Waals surface area (Å²) in [5.74, 6) is -8.32. The number of nitrogens with two attached hydrogens (primary N) is 1. The molecule has 0 bridgehead atoms. The highest BCUT2D eigenvalue weighted by atomic mass is 19.1. The summed E-state index contributed by atoms with van der Waals surface area (Å²) >= 11 is 0. The number of phenols is 1. The number of primary amides is 1. The van der Waals surface area contributed by atoms with Crippen LogP contribution in [0.4, 0.5) is 10.1 Å². The van der Waals surface area contributed by atoms with E-state index in [0.717, 1.165) is 12.1 Å². The van der Waals surface area contributed by atoms with Gasteiger partial charge in [0.15, 0.2) is 11.4 Å². The minimum atomic E-state index is -2.74. The van der Waals surface area contributed by atoms with Gasteiger partial charge in [-0.15, -0.1) is 0 Å². The van der Waals surface area contributed by atoms with Crippen molar-refractivity contribution in [1.82, 2.24) is 4.90 Å². The molecule has 6 N–H and O–H groups in total. The molecule has 2 aromatic carbocycles. The van der Waals surface area contributed by atoms with Gasteiger partial charge < -0.3 is 35.8 Å². The van der Waals surface area contributed by atoms with Crippen molar-refractivity contribution in [2.45, 2.75) is 37.3 Å². The second-order valence-corrected chi connectivity index (χ2v) is 12.0. The van der Waals surface area contributed by atoms with E-state index in [-0.39, 0.29) is 48.1 Å². The number of carbonyl (C=O) groups excluding carboxylic acids is 4. The van der Waals surface area contributed by atoms with Crippen LogP contribution in [0.15, 0.2) is 47.2 Å². The van der Waals surface area contributed by atoms with E-state index in [1.165, 1.54) is 31.1 Å². The van der Waals surface area contributed by atoms with Crippen molar-refractivity contribution < 1.29 is 48.7 Å². The van der Waals surface area contributed by atoms with Crippen LogP contribution >= 0.6 is 0 Å². The molecule has 3 aliphatic carbocycles. The molecule has 0 aromatic heterocycles. The summed E-state index contributed by atoms with van der Waals surface area (Å²) in [5, 5.41) is 45.8. The second kappa shape index (κ2) is 11.3. The number of esters is 1. The first-order valence-corrected chi connectivity index (χ1v) is 14.3. The molecule has 3 aliphatic rings. The molecule has 4 unspecified atom stereocenters. The van der Waals surface area contributed by atoms with Gasteiger partial charge in [-0.05, 0) is 80.7 Å². The lowest BCUT2D eigenvalue weighted by Gasteiger charge is -2.50. The molecule has 0 spiro atoms. The molecular formula is C32H34FN3O9. The first-order valence-electron chi connectivity index (χ1n) is 14.3. The van der Waals surface area contributed by atoms with Crippen molar-refractivity contribution in [3.8, 4) is 11.5 Å². The summed E-state index contributed by atoms with van der Waals surface area (Å²) in [6.07, 6.45) is -0.117. The van der Waals surface area contributed by atoms with Crippen LogP contribution in [0.5, 0.6) is 11.5 Å². The molecule has 1 amide bonds. The topological polar surface area (TPSA) is 191 Å². The number of aliphatic hydroxyl groups excluding tert-OH is 2.